The maximum absolute atomic E-state index is 10.4. The molecule has 0 radical (unpaired) electrons. The monoisotopic (exact) mass is 268 g/mol. The summed E-state index contributed by atoms with van der Waals surface area (Å²) in [4.78, 5) is 0. The van der Waals surface area contributed by atoms with E-state index in [4.69, 9.17) is 4.55 Å². The smallest absolute Gasteiger partial charge is 1.00 e. The molecule has 1 aromatic rings. The molecule has 0 fully saturated rings. The van der Waals surface area contributed by atoms with Crippen LogP contribution in [0.3, 0.4) is 0 Å². The molecule has 0 aliphatic carbocycles. The van der Waals surface area contributed by atoms with Crippen LogP contribution in [0, 0.1) is 0 Å². The van der Waals surface area contributed by atoms with Gasteiger partial charge in [-0.2, -0.15) is 8.42 Å². The Morgan fingerprint density at radius 3 is 2.35 bits per heavy atom. The van der Waals surface area contributed by atoms with Crippen LogP contribution in [-0.4, -0.2) is 29.9 Å². The molecule has 0 spiro atoms. The van der Waals surface area contributed by atoms with E-state index < -0.39 is 16.2 Å². The Bertz CT molecular complexity index is 410. The predicted molar refractivity (Wildman–Crippen MR) is 62.9 cm³/mol. The Hall–Kier alpha value is 0.0900. The molecule has 2 N–H and O–H groups in total. The molecule has 1 aromatic carbocycles. The van der Waals surface area contributed by atoms with Crippen molar-refractivity contribution in [1.82, 2.24) is 0 Å². The van der Waals surface area contributed by atoms with Gasteiger partial charge in [-0.3, -0.25) is 4.55 Å². The third-order valence-corrected chi connectivity index (χ3v) is 3.06. The fraction of sp³-hybridized carbons (Fsp3) is 0.455. The van der Waals surface area contributed by atoms with Gasteiger partial charge in [-0.25, -0.2) is 0 Å². The fourth-order valence-electron chi connectivity index (χ4n) is 1.49. The number of aliphatic hydroxyl groups is 1. The van der Waals surface area contributed by atoms with Gasteiger partial charge in [0.2, 0.25) is 0 Å². The number of rotatable bonds is 6. The van der Waals surface area contributed by atoms with Crippen molar-refractivity contribution in [3.8, 4) is 0 Å². The van der Waals surface area contributed by atoms with Crippen molar-refractivity contribution >= 4 is 10.1 Å². The summed E-state index contributed by atoms with van der Waals surface area (Å²) in [6.07, 6.45) is 0.581. The van der Waals surface area contributed by atoms with Crippen LogP contribution in [0.4, 0.5) is 0 Å². The molecule has 0 saturated heterocycles. The van der Waals surface area contributed by atoms with Gasteiger partial charge in [-0.1, -0.05) is 30.3 Å². The molecular formula is C11H17NaO4S. The average molecular weight is 268 g/mol. The van der Waals surface area contributed by atoms with Crippen molar-refractivity contribution in [2.75, 3.05) is 5.75 Å². The van der Waals surface area contributed by atoms with Gasteiger partial charge in [-0.15, -0.1) is 0 Å². The average Bonchev–Trinajstić information content (AvgIpc) is 2.17. The van der Waals surface area contributed by atoms with Crippen LogP contribution in [0.5, 0.6) is 0 Å². The van der Waals surface area contributed by atoms with E-state index in [0.717, 1.165) is 5.56 Å². The molecule has 0 aliphatic rings. The summed E-state index contributed by atoms with van der Waals surface area (Å²) < 4.78 is 29.4. The van der Waals surface area contributed by atoms with Gasteiger partial charge in [0.15, 0.2) is 0 Å². The van der Waals surface area contributed by atoms with Gasteiger partial charge in [0.05, 0.1) is 11.9 Å². The van der Waals surface area contributed by atoms with Crippen molar-refractivity contribution in [1.29, 1.82) is 0 Å². The zero-order valence-electron chi connectivity index (χ0n) is 10.9. The molecule has 0 bridgehead atoms. The third-order valence-electron chi connectivity index (χ3n) is 2.25. The number of aliphatic hydroxyl groups excluding tert-OH is 1. The second kappa shape index (κ2) is 8.24. The van der Waals surface area contributed by atoms with Crippen molar-refractivity contribution in [3.63, 3.8) is 0 Å². The van der Waals surface area contributed by atoms with E-state index >= 15 is 0 Å². The van der Waals surface area contributed by atoms with E-state index in [9.17, 15) is 13.5 Å². The fourth-order valence-corrected chi connectivity index (χ4v) is 2.02. The van der Waals surface area contributed by atoms with E-state index in [2.05, 4.69) is 0 Å². The second-order valence-corrected chi connectivity index (χ2v) is 5.34. The quantitative estimate of drug-likeness (QED) is 0.480. The molecule has 4 nitrogen and oxygen atoms in total. The van der Waals surface area contributed by atoms with Crippen LogP contribution in [0.15, 0.2) is 30.3 Å². The van der Waals surface area contributed by atoms with Crippen molar-refractivity contribution in [3.05, 3.63) is 35.9 Å². The van der Waals surface area contributed by atoms with Crippen LogP contribution in [0.2, 0.25) is 0 Å². The Labute approximate surface area is 126 Å². The summed E-state index contributed by atoms with van der Waals surface area (Å²) in [6, 6.07) is 9.49. The number of hydrogen-bond acceptors (Lipinski definition) is 3. The maximum Gasteiger partial charge on any atom is 1.00 e. The first-order chi connectivity index (χ1) is 7.47. The van der Waals surface area contributed by atoms with Gasteiger partial charge in [0, 0.05) is 0 Å². The van der Waals surface area contributed by atoms with Gasteiger partial charge in [-0.05, 0) is 24.8 Å². The van der Waals surface area contributed by atoms with Crippen molar-refractivity contribution < 1.29 is 49.1 Å². The van der Waals surface area contributed by atoms with Crippen LogP contribution in [0.25, 0.3) is 0 Å². The standard InChI is InChI=1S/C11H16O4S.Na.H/c12-11(7-4-8-16(13,14)15)9-10-5-2-1-3-6-10;;/h1-3,5-6,11-12H,4,7-9H2,(H,13,14,15);;/q;+1;-1. The largest absolute Gasteiger partial charge is 1.00 e. The van der Waals surface area contributed by atoms with Gasteiger partial charge < -0.3 is 6.53 Å². The number of hydrogen-bond donors (Lipinski definition) is 2. The maximum atomic E-state index is 10.4. The molecule has 0 amide bonds. The molecule has 1 unspecified atom stereocenters. The molecule has 0 saturated carbocycles. The Balaban J connectivity index is 0. The summed E-state index contributed by atoms with van der Waals surface area (Å²) in [6.45, 7) is 0. The molecule has 17 heavy (non-hydrogen) atoms. The first-order valence-corrected chi connectivity index (χ1v) is 6.75. The normalized spacial score (nSPS) is 12.8. The zero-order chi connectivity index (χ0) is 12.0. The minimum absolute atomic E-state index is 0. The molecule has 1 atom stereocenters. The topological polar surface area (TPSA) is 74.6 Å². The third kappa shape index (κ3) is 8.77. The number of benzene rings is 1. The van der Waals surface area contributed by atoms with Crippen LogP contribution in [0.1, 0.15) is 19.8 Å². The summed E-state index contributed by atoms with van der Waals surface area (Å²) in [5.41, 5.74) is 1.02. The van der Waals surface area contributed by atoms with E-state index in [1.807, 2.05) is 30.3 Å². The van der Waals surface area contributed by atoms with Gasteiger partial charge >= 0.3 is 29.6 Å². The SMILES string of the molecule is O=S(=O)(O)CCCC(O)Cc1ccccc1.[H-].[Na+]. The van der Waals surface area contributed by atoms with Crippen LogP contribution >= 0.6 is 0 Å². The Morgan fingerprint density at radius 2 is 1.82 bits per heavy atom. The molecule has 1 rings (SSSR count). The van der Waals surface area contributed by atoms with E-state index in [1.165, 1.54) is 0 Å². The predicted octanol–water partition coefficient (Wildman–Crippen LogP) is -1.63. The summed E-state index contributed by atoms with van der Waals surface area (Å²) >= 11 is 0. The Morgan fingerprint density at radius 1 is 1.24 bits per heavy atom. The first-order valence-electron chi connectivity index (χ1n) is 5.14. The molecule has 0 aromatic heterocycles. The minimum atomic E-state index is -3.90. The minimum Gasteiger partial charge on any atom is -1.00 e. The van der Waals surface area contributed by atoms with E-state index in [0.29, 0.717) is 12.8 Å². The van der Waals surface area contributed by atoms with E-state index in [-0.39, 0.29) is 43.2 Å². The summed E-state index contributed by atoms with van der Waals surface area (Å²) in [5.74, 6) is -0.293. The zero-order valence-corrected chi connectivity index (χ0v) is 12.7. The van der Waals surface area contributed by atoms with Crippen LogP contribution in [-0.2, 0) is 16.5 Å². The molecular weight excluding hydrogens is 251 g/mol. The van der Waals surface area contributed by atoms with Crippen molar-refractivity contribution in [2.24, 2.45) is 0 Å². The first kappa shape index (κ1) is 17.1. The molecule has 0 heterocycles. The Kier molecular flexibility index (Phi) is 8.28. The summed E-state index contributed by atoms with van der Waals surface area (Å²) in [5, 5.41) is 9.62. The van der Waals surface area contributed by atoms with E-state index in [1.54, 1.807) is 0 Å². The second-order valence-electron chi connectivity index (χ2n) is 3.77. The molecule has 92 valence electrons. The van der Waals surface area contributed by atoms with Gasteiger partial charge in [0.25, 0.3) is 10.1 Å². The van der Waals surface area contributed by atoms with Gasteiger partial charge in [0.1, 0.15) is 0 Å². The van der Waals surface area contributed by atoms with Crippen LogP contribution < -0.4 is 29.6 Å². The summed E-state index contributed by atoms with van der Waals surface area (Å²) in [7, 11) is -3.90. The molecule has 6 heteroatoms. The van der Waals surface area contributed by atoms with Crippen molar-refractivity contribution in [2.45, 2.75) is 25.4 Å². The molecule has 0 aliphatic heterocycles.